The van der Waals surface area contributed by atoms with Crippen molar-refractivity contribution in [3.63, 3.8) is 0 Å². The number of methoxy groups -OCH3 is 1. The van der Waals surface area contributed by atoms with Crippen LogP contribution in [0.1, 0.15) is 26.2 Å². The molecular formula is C9H16O3S. The van der Waals surface area contributed by atoms with Gasteiger partial charge in [0.2, 0.25) is 0 Å². The maximum Gasteiger partial charge on any atom is 0.306 e. The van der Waals surface area contributed by atoms with Gasteiger partial charge in [-0.05, 0) is 6.42 Å². The second-order valence-electron chi connectivity index (χ2n) is 2.67. The van der Waals surface area contributed by atoms with Crippen LogP contribution in [0.15, 0.2) is 0 Å². The van der Waals surface area contributed by atoms with Gasteiger partial charge < -0.3 is 4.74 Å². The second-order valence-corrected chi connectivity index (χ2v) is 3.77. The van der Waals surface area contributed by atoms with E-state index >= 15 is 0 Å². The number of carbonyl (C=O) groups is 2. The lowest BCUT2D eigenvalue weighted by molar-refractivity contribution is -0.140. The molecule has 0 aromatic carbocycles. The van der Waals surface area contributed by atoms with E-state index in [9.17, 15) is 9.59 Å². The Hall–Kier alpha value is -0.510. The van der Waals surface area contributed by atoms with E-state index in [1.54, 1.807) is 0 Å². The Kier molecular flexibility index (Phi) is 7.79. The predicted molar refractivity (Wildman–Crippen MR) is 53.9 cm³/mol. The van der Waals surface area contributed by atoms with Crippen LogP contribution in [0, 0.1) is 0 Å². The molecule has 0 unspecified atom stereocenters. The average molecular weight is 204 g/mol. The van der Waals surface area contributed by atoms with E-state index in [-0.39, 0.29) is 11.8 Å². The number of ether oxygens (including phenoxy) is 1. The topological polar surface area (TPSA) is 43.4 Å². The summed E-state index contributed by atoms with van der Waals surface area (Å²) in [6, 6.07) is 0. The zero-order chi connectivity index (χ0) is 10.1. The van der Waals surface area contributed by atoms with E-state index in [1.165, 1.54) is 18.9 Å². The van der Waals surface area contributed by atoms with Gasteiger partial charge in [0, 0.05) is 12.2 Å². The third-order valence-electron chi connectivity index (χ3n) is 1.47. The number of Topliss-reactive ketones (excluding diaryl/α,β-unsaturated/α-hetero) is 1. The molecule has 0 aromatic heterocycles. The Morgan fingerprint density at radius 3 is 2.54 bits per heavy atom. The molecule has 0 spiro atoms. The fourth-order valence-electron chi connectivity index (χ4n) is 0.795. The molecule has 0 aromatic rings. The van der Waals surface area contributed by atoms with Gasteiger partial charge in [0.15, 0.2) is 0 Å². The van der Waals surface area contributed by atoms with E-state index in [0.717, 1.165) is 6.42 Å². The molecule has 76 valence electrons. The number of ketones is 1. The highest BCUT2D eigenvalue weighted by atomic mass is 32.2. The van der Waals surface area contributed by atoms with Crippen LogP contribution in [0.5, 0.6) is 0 Å². The summed E-state index contributed by atoms with van der Waals surface area (Å²) in [5, 5.41) is 0. The van der Waals surface area contributed by atoms with Crippen LogP contribution in [0.4, 0.5) is 0 Å². The van der Waals surface area contributed by atoms with Gasteiger partial charge in [0.05, 0.1) is 19.3 Å². The molecule has 0 atom stereocenters. The molecule has 0 rings (SSSR count). The molecular weight excluding hydrogens is 188 g/mol. The molecule has 0 fully saturated rings. The molecule has 4 heteroatoms. The second kappa shape index (κ2) is 8.10. The molecule has 3 nitrogen and oxygen atoms in total. The summed E-state index contributed by atoms with van der Waals surface area (Å²) >= 11 is 1.49. The molecule has 0 amide bonds. The SMILES string of the molecule is CCCC(=O)CSCCC(=O)OC. The van der Waals surface area contributed by atoms with Crippen molar-refractivity contribution in [2.45, 2.75) is 26.2 Å². The smallest absolute Gasteiger partial charge is 0.306 e. The fraction of sp³-hybridized carbons (Fsp3) is 0.778. The van der Waals surface area contributed by atoms with E-state index < -0.39 is 0 Å². The van der Waals surface area contributed by atoms with Crippen molar-refractivity contribution in [3.8, 4) is 0 Å². The molecule has 0 saturated carbocycles. The zero-order valence-corrected chi connectivity index (χ0v) is 8.99. The van der Waals surface area contributed by atoms with Crippen molar-refractivity contribution in [1.82, 2.24) is 0 Å². The Labute approximate surface area is 83.2 Å². The molecule has 13 heavy (non-hydrogen) atoms. The maximum atomic E-state index is 11.0. The number of hydrogen-bond donors (Lipinski definition) is 0. The highest BCUT2D eigenvalue weighted by molar-refractivity contribution is 7.99. The van der Waals surface area contributed by atoms with Gasteiger partial charge in [-0.2, -0.15) is 11.8 Å². The molecule has 0 heterocycles. The van der Waals surface area contributed by atoms with Gasteiger partial charge in [-0.1, -0.05) is 6.92 Å². The van der Waals surface area contributed by atoms with Crippen LogP contribution >= 0.6 is 11.8 Å². The lowest BCUT2D eigenvalue weighted by atomic mass is 10.3. The molecule has 0 radical (unpaired) electrons. The van der Waals surface area contributed by atoms with E-state index in [2.05, 4.69) is 4.74 Å². The summed E-state index contributed by atoms with van der Waals surface area (Å²) in [5.41, 5.74) is 0. The van der Waals surface area contributed by atoms with Crippen molar-refractivity contribution in [2.75, 3.05) is 18.6 Å². The van der Waals surface area contributed by atoms with Crippen molar-refractivity contribution in [2.24, 2.45) is 0 Å². The number of hydrogen-bond acceptors (Lipinski definition) is 4. The summed E-state index contributed by atoms with van der Waals surface area (Å²) < 4.78 is 4.47. The first-order chi connectivity index (χ1) is 6.20. The lowest BCUT2D eigenvalue weighted by Crippen LogP contribution is -2.04. The Bertz CT molecular complexity index is 168. The van der Waals surface area contributed by atoms with Crippen LogP contribution in [0.25, 0.3) is 0 Å². The van der Waals surface area contributed by atoms with Gasteiger partial charge in [-0.25, -0.2) is 0 Å². The van der Waals surface area contributed by atoms with Gasteiger partial charge in [0.25, 0.3) is 0 Å². The van der Waals surface area contributed by atoms with Crippen LogP contribution in [-0.4, -0.2) is 30.4 Å². The molecule has 0 bridgehead atoms. The highest BCUT2D eigenvalue weighted by Crippen LogP contribution is 2.05. The van der Waals surface area contributed by atoms with Crippen LogP contribution < -0.4 is 0 Å². The Morgan fingerprint density at radius 2 is 2.00 bits per heavy atom. The van der Waals surface area contributed by atoms with E-state index in [4.69, 9.17) is 0 Å². The van der Waals surface area contributed by atoms with Gasteiger partial charge >= 0.3 is 5.97 Å². The molecule has 0 saturated heterocycles. The minimum Gasteiger partial charge on any atom is -0.469 e. The minimum atomic E-state index is -0.213. The highest BCUT2D eigenvalue weighted by Gasteiger charge is 2.02. The largest absolute Gasteiger partial charge is 0.469 e. The monoisotopic (exact) mass is 204 g/mol. The third kappa shape index (κ3) is 7.84. The lowest BCUT2D eigenvalue weighted by Gasteiger charge is -1.99. The van der Waals surface area contributed by atoms with E-state index in [1.807, 2.05) is 6.92 Å². The van der Waals surface area contributed by atoms with Crippen LogP contribution in [0.3, 0.4) is 0 Å². The Balaban J connectivity index is 3.25. The maximum absolute atomic E-state index is 11.0. The summed E-state index contributed by atoms with van der Waals surface area (Å²) in [7, 11) is 1.37. The number of thioether (sulfide) groups is 1. The predicted octanol–water partition coefficient (Wildman–Crippen LogP) is 1.65. The third-order valence-corrected chi connectivity index (χ3v) is 2.49. The van der Waals surface area contributed by atoms with Crippen molar-refractivity contribution < 1.29 is 14.3 Å². The van der Waals surface area contributed by atoms with Crippen LogP contribution in [-0.2, 0) is 14.3 Å². The van der Waals surface area contributed by atoms with Crippen molar-refractivity contribution in [1.29, 1.82) is 0 Å². The number of esters is 1. The van der Waals surface area contributed by atoms with Gasteiger partial charge in [-0.3, -0.25) is 9.59 Å². The summed E-state index contributed by atoms with van der Waals surface area (Å²) in [4.78, 5) is 21.7. The van der Waals surface area contributed by atoms with Crippen LogP contribution in [0.2, 0.25) is 0 Å². The standard InChI is InChI=1S/C9H16O3S/c1-3-4-8(10)7-13-6-5-9(11)12-2/h3-7H2,1-2H3. The van der Waals surface area contributed by atoms with Gasteiger partial charge in [-0.15, -0.1) is 0 Å². The summed E-state index contributed by atoms with van der Waals surface area (Å²) in [5.74, 6) is 1.24. The molecule has 0 aliphatic rings. The summed E-state index contributed by atoms with van der Waals surface area (Å²) in [6.07, 6.45) is 1.93. The van der Waals surface area contributed by atoms with E-state index in [0.29, 0.717) is 24.3 Å². The first-order valence-corrected chi connectivity index (χ1v) is 5.52. The number of rotatable bonds is 7. The first kappa shape index (κ1) is 12.5. The normalized spacial score (nSPS) is 9.69. The van der Waals surface area contributed by atoms with Gasteiger partial charge in [0.1, 0.15) is 5.78 Å². The number of carbonyl (C=O) groups excluding carboxylic acids is 2. The zero-order valence-electron chi connectivity index (χ0n) is 8.17. The summed E-state index contributed by atoms with van der Waals surface area (Å²) in [6.45, 7) is 1.98. The molecule has 0 N–H and O–H groups in total. The molecule has 0 aliphatic carbocycles. The molecule has 0 aliphatic heterocycles. The first-order valence-electron chi connectivity index (χ1n) is 4.37. The fourth-order valence-corrected chi connectivity index (χ4v) is 1.62. The minimum absolute atomic E-state index is 0.213. The van der Waals surface area contributed by atoms with Crippen molar-refractivity contribution >= 4 is 23.5 Å². The average Bonchev–Trinajstić information content (AvgIpc) is 2.12. The quantitative estimate of drug-likeness (QED) is 0.467. The Morgan fingerprint density at radius 1 is 1.31 bits per heavy atom. The van der Waals surface area contributed by atoms with Crippen molar-refractivity contribution in [3.05, 3.63) is 0 Å².